The van der Waals surface area contributed by atoms with Gasteiger partial charge in [-0.05, 0) is 36.4 Å². The molecule has 134 valence electrons. The Morgan fingerprint density at radius 2 is 1.88 bits per heavy atom. The fraction of sp³-hybridized carbons (Fsp3) is 0.211. The number of benzene rings is 2. The largest absolute Gasteiger partial charge is 0.376 e. The number of halogens is 1. The molecule has 0 saturated carbocycles. The molecule has 0 radical (unpaired) electrons. The second kappa shape index (κ2) is 7.77. The van der Waals surface area contributed by atoms with Crippen LogP contribution < -0.4 is 10.2 Å². The van der Waals surface area contributed by atoms with Gasteiger partial charge in [0.1, 0.15) is 5.82 Å². The maximum Gasteiger partial charge on any atom is 0.227 e. The SMILES string of the molecule is CN(C)c1ccccc1NC(=O)CCc1nc(-c2ccc(F)cc2)no1. The van der Waals surface area contributed by atoms with Crippen LogP contribution in [-0.4, -0.2) is 30.1 Å². The fourth-order valence-electron chi connectivity index (χ4n) is 2.48. The molecule has 0 spiro atoms. The highest BCUT2D eigenvalue weighted by molar-refractivity contribution is 5.94. The predicted molar refractivity (Wildman–Crippen MR) is 97.4 cm³/mol. The highest BCUT2D eigenvalue weighted by atomic mass is 19.1. The normalized spacial score (nSPS) is 10.6. The van der Waals surface area contributed by atoms with Gasteiger partial charge in [-0.3, -0.25) is 4.79 Å². The molecule has 6 nitrogen and oxygen atoms in total. The summed E-state index contributed by atoms with van der Waals surface area (Å²) in [6, 6.07) is 13.4. The molecule has 2 aromatic carbocycles. The third kappa shape index (κ3) is 4.24. The van der Waals surface area contributed by atoms with E-state index in [1.807, 2.05) is 43.3 Å². The van der Waals surface area contributed by atoms with Crippen molar-refractivity contribution in [3.63, 3.8) is 0 Å². The molecule has 1 heterocycles. The van der Waals surface area contributed by atoms with E-state index in [1.165, 1.54) is 12.1 Å². The van der Waals surface area contributed by atoms with Crippen LogP contribution in [0.5, 0.6) is 0 Å². The zero-order valence-electron chi connectivity index (χ0n) is 14.6. The zero-order valence-corrected chi connectivity index (χ0v) is 14.6. The average Bonchev–Trinajstić information content (AvgIpc) is 3.10. The van der Waals surface area contributed by atoms with E-state index in [2.05, 4.69) is 15.5 Å². The molecular weight excluding hydrogens is 335 g/mol. The molecule has 26 heavy (non-hydrogen) atoms. The Morgan fingerprint density at radius 1 is 1.15 bits per heavy atom. The quantitative estimate of drug-likeness (QED) is 0.733. The summed E-state index contributed by atoms with van der Waals surface area (Å²) in [4.78, 5) is 18.4. The van der Waals surface area contributed by atoms with Gasteiger partial charge in [0.2, 0.25) is 17.6 Å². The van der Waals surface area contributed by atoms with E-state index in [1.54, 1.807) is 12.1 Å². The summed E-state index contributed by atoms with van der Waals surface area (Å²) < 4.78 is 18.1. The molecular formula is C19H19FN4O2. The molecule has 0 atom stereocenters. The Bertz CT molecular complexity index is 891. The lowest BCUT2D eigenvalue weighted by molar-refractivity contribution is -0.116. The van der Waals surface area contributed by atoms with Crippen molar-refractivity contribution in [2.45, 2.75) is 12.8 Å². The van der Waals surface area contributed by atoms with E-state index in [-0.39, 0.29) is 18.1 Å². The Kier molecular flexibility index (Phi) is 5.26. The highest BCUT2D eigenvalue weighted by Crippen LogP contribution is 2.23. The molecule has 0 saturated heterocycles. The molecule has 7 heteroatoms. The van der Waals surface area contributed by atoms with E-state index in [0.717, 1.165) is 11.4 Å². The van der Waals surface area contributed by atoms with Gasteiger partial charge in [0.15, 0.2) is 0 Å². The number of nitrogens with one attached hydrogen (secondary N) is 1. The maximum atomic E-state index is 13.0. The Hall–Kier alpha value is -3.22. The van der Waals surface area contributed by atoms with Gasteiger partial charge in [0.25, 0.3) is 0 Å². The van der Waals surface area contributed by atoms with Crippen LogP contribution in [0.1, 0.15) is 12.3 Å². The first-order chi connectivity index (χ1) is 12.5. The van der Waals surface area contributed by atoms with Gasteiger partial charge in [-0.1, -0.05) is 17.3 Å². The summed E-state index contributed by atoms with van der Waals surface area (Å²) in [6.45, 7) is 0. The van der Waals surface area contributed by atoms with Gasteiger partial charge in [-0.2, -0.15) is 4.98 Å². The number of nitrogens with zero attached hydrogens (tertiary/aromatic N) is 3. The number of amides is 1. The second-order valence-corrected chi connectivity index (χ2v) is 5.98. The molecule has 0 aliphatic heterocycles. The van der Waals surface area contributed by atoms with Crippen molar-refractivity contribution in [1.29, 1.82) is 0 Å². The van der Waals surface area contributed by atoms with Crippen molar-refractivity contribution >= 4 is 17.3 Å². The van der Waals surface area contributed by atoms with Gasteiger partial charge < -0.3 is 14.7 Å². The van der Waals surface area contributed by atoms with E-state index in [9.17, 15) is 9.18 Å². The van der Waals surface area contributed by atoms with Gasteiger partial charge in [-0.15, -0.1) is 0 Å². The number of anilines is 2. The monoisotopic (exact) mass is 354 g/mol. The molecule has 0 aliphatic carbocycles. The Morgan fingerprint density at radius 3 is 2.62 bits per heavy atom. The minimum absolute atomic E-state index is 0.138. The number of para-hydroxylation sites is 2. The third-order valence-corrected chi connectivity index (χ3v) is 3.80. The minimum atomic E-state index is -0.327. The van der Waals surface area contributed by atoms with Gasteiger partial charge >= 0.3 is 0 Å². The lowest BCUT2D eigenvalue weighted by Gasteiger charge is -2.17. The number of aromatic nitrogens is 2. The molecule has 1 N–H and O–H groups in total. The summed E-state index contributed by atoms with van der Waals surface area (Å²) in [6.07, 6.45) is 0.539. The van der Waals surface area contributed by atoms with Crippen LogP contribution in [0.4, 0.5) is 15.8 Å². The summed E-state index contributed by atoms with van der Waals surface area (Å²) in [7, 11) is 3.83. The molecule has 0 fully saturated rings. The standard InChI is InChI=1S/C19H19FN4O2/c1-24(2)16-6-4-3-5-15(16)21-17(25)11-12-18-22-19(23-26-18)13-7-9-14(20)10-8-13/h3-10H,11-12H2,1-2H3,(H,21,25). The van der Waals surface area contributed by atoms with Gasteiger partial charge in [0, 0.05) is 32.5 Å². The van der Waals surface area contributed by atoms with Crippen molar-refractivity contribution in [3.05, 3.63) is 60.2 Å². The lowest BCUT2D eigenvalue weighted by atomic mass is 10.2. The molecule has 3 rings (SSSR count). The van der Waals surface area contributed by atoms with Crippen LogP contribution in [0.2, 0.25) is 0 Å². The first kappa shape index (κ1) is 17.6. The smallest absolute Gasteiger partial charge is 0.227 e. The maximum absolute atomic E-state index is 13.0. The van der Waals surface area contributed by atoms with Crippen molar-refractivity contribution in [2.75, 3.05) is 24.3 Å². The average molecular weight is 354 g/mol. The van der Waals surface area contributed by atoms with Gasteiger partial charge in [-0.25, -0.2) is 4.39 Å². The van der Waals surface area contributed by atoms with Crippen LogP contribution in [0.25, 0.3) is 11.4 Å². The Labute approximate surface area is 150 Å². The molecule has 3 aromatic rings. The lowest BCUT2D eigenvalue weighted by Crippen LogP contribution is -2.16. The summed E-state index contributed by atoms with van der Waals surface area (Å²) in [5.41, 5.74) is 2.34. The second-order valence-electron chi connectivity index (χ2n) is 5.98. The summed E-state index contributed by atoms with van der Waals surface area (Å²) >= 11 is 0. The number of carbonyl (C=O) groups excluding carboxylic acids is 1. The van der Waals surface area contributed by atoms with Crippen LogP contribution in [-0.2, 0) is 11.2 Å². The van der Waals surface area contributed by atoms with E-state index in [0.29, 0.717) is 23.7 Å². The zero-order chi connectivity index (χ0) is 18.5. The Balaban J connectivity index is 1.59. The van der Waals surface area contributed by atoms with Crippen molar-refractivity contribution in [1.82, 2.24) is 10.1 Å². The minimum Gasteiger partial charge on any atom is -0.376 e. The number of hydrogen-bond acceptors (Lipinski definition) is 5. The van der Waals surface area contributed by atoms with Crippen LogP contribution in [0.3, 0.4) is 0 Å². The summed E-state index contributed by atoms with van der Waals surface area (Å²) in [5.74, 6) is 0.270. The van der Waals surface area contributed by atoms with E-state index < -0.39 is 0 Å². The first-order valence-electron chi connectivity index (χ1n) is 8.17. The van der Waals surface area contributed by atoms with Crippen LogP contribution >= 0.6 is 0 Å². The number of carbonyl (C=O) groups is 1. The first-order valence-corrected chi connectivity index (χ1v) is 8.17. The molecule has 0 unspecified atom stereocenters. The van der Waals surface area contributed by atoms with E-state index >= 15 is 0 Å². The predicted octanol–water partition coefficient (Wildman–Crippen LogP) is 3.51. The molecule has 0 bridgehead atoms. The third-order valence-electron chi connectivity index (χ3n) is 3.80. The van der Waals surface area contributed by atoms with Crippen LogP contribution in [0.15, 0.2) is 53.1 Å². The molecule has 0 aliphatic rings. The molecule has 1 aromatic heterocycles. The topological polar surface area (TPSA) is 71.3 Å². The fourth-order valence-corrected chi connectivity index (χ4v) is 2.48. The van der Waals surface area contributed by atoms with Crippen molar-refractivity contribution < 1.29 is 13.7 Å². The number of aryl methyl sites for hydroxylation is 1. The highest BCUT2D eigenvalue weighted by Gasteiger charge is 2.12. The van der Waals surface area contributed by atoms with Crippen LogP contribution in [0, 0.1) is 5.82 Å². The number of rotatable bonds is 6. The number of hydrogen-bond donors (Lipinski definition) is 1. The van der Waals surface area contributed by atoms with E-state index in [4.69, 9.17) is 4.52 Å². The van der Waals surface area contributed by atoms with Crippen molar-refractivity contribution in [2.24, 2.45) is 0 Å². The summed E-state index contributed by atoms with van der Waals surface area (Å²) in [5, 5.41) is 6.76. The van der Waals surface area contributed by atoms with Gasteiger partial charge in [0.05, 0.1) is 11.4 Å². The van der Waals surface area contributed by atoms with Crippen molar-refractivity contribution in [3.8, 4) is 11.4 Å². The molecule has 1 amide bonds.